The molecule has 1 aliphatic carbocycles. The van der Waals surface area contributed by atoms with Crippen LogP contribution in [0.15, 0.2) is 18.2 Å². The van der Waals surface area contributed by atoms with Crippen LogP contribution in [0.5, 0.6) is 0 Å². The first-order chi connectivity index (χ1) is 9.63. The van der Waals surface area contributed by atoms with Crippen LogP contribution in [0.4, 0.5) is 8.78 Å². The summed E-state index contributed by atoms with van der Waals surface area (Å²) < 4.78 is 26.1. The smallest absolute Gasteiger partial charge is 0.159 e. The van der Waals surface area contributed by atoms with E-state index in [9.17, 15) is 8.78 Å². The van der Waals surface area contributed by atoms with E-state index in [1.165, 1.54) is 44.5 Å². The fourth-order valence-corrected chi connectivity index (χ4v) is 3.04. The first-order valence-corrected chi connectivity index (χ1v) is 7.56. The van der Waals surface area contributed by atoms with Gasteiger partial charge in [0, 0.05) is 18.6 Å². The molecule has 110 valence electrons. The van der Waals surface area contributed by atoms with Crippen molar-refractivity contribution in [2.45, 2.75) is 38.3 Å². The van der Waals surface area contributed by atoms with Gasteiger partial charge in [0.05, 0.1) is 0 Å². The Morgan fingerprint density at radius 1 is 1.25 bits per heavy atom. The molecule has 2 fully saturated rings. The number of hydrogen-bond acceptors (Lipinski definition) is 2. The lowest BCUT2D eigenvalue weighted by molar-refractivity contribution is 0.310. The lowest BCUT2D eigenvalue weighted by Crippen LogP contribution is -2.29. The van der Waals surface area contributed by atoms with E-state index in [4.69, 9.17) is 0 Å². The van der Waals surface area contributed by atoms with Crippen molar-refractivity contribution >= 4 is 0 Å². The lowest BCUT2D eigenvalue weighted by Gasteiger charge is -2.19. The molecule has 2 nitrogen and oxygen atoms in total. The average Bonchev–Trinajstić information content (AvgIpc) is 3.18. The SMILES string of the molecule is CC(NCC1CCN(C2CC2)C1)c1ccc(F)c(F)c1. The molecule has 1 saturated carbocycles. The Labute approximate surface area is 119 Å². The van der Waals surface area contributed by atoms with E-state index in [1.807, 2.05) is 6.92 Å². The van der Waals surface area contributed by atoms with Crippen molar-refractivity contribution in [1.82, 2.24) is 10.2 Å². The summed E-state index contributed by atoms with van der Waals surface area (Å²) in [6, 6.07) is 5.05. The third-order valence-electron chi connectivity index (χ3n) is 4.54. The quantitative estimate of drug-likeness (QED) is 0.891. The fraction of sp³-hybridized carbons (Fsp3) is 0.625. The summed E-state index contributed by atoms with van der Waals surface area (Å²) in [5.41, 5.74) is 0.806. The Morgan fingerprint density at radius 2 is 2.05 bits per heavy atom. The molecule has 1 aliphatic heterocycles. The minimum absolute atomic E-state index is 0.0556. The monoisotopic (exact) mass is 280 g/mol. The molecule has 2 atom stereocenters. The number of halogens is 2. The van der Waals surface area contributed by atoms with Crippen molar-refractivity contribution in [3.63, 3.8) is 0 Å². The third kappa shape index (κ3) is 3.18. The Bertz CT molecular complexity index is 474. The third-order valence-corrected chi connectivity index (χ3v) is 4.54. The zero-order valence-corrected chi connectivity index (χ0v) is 11.9. The van der Waals surface area contributed by atoms with Crippen LogP contribution in [0.1, 0.15) is 37.8 Å². The largest absolute Gasteiger partial charge is 0.310 e. The van der Waals surface area contributed by atoms with E-state index in [0.29, 0.717) is 5.92 Å². The highest BCUT2D eigenvalue weighted by Gasteiger charge is 2.34. The van der Waals surface area contributed by atoms with Crippen LogP contribution in [0.2, 0.25) is 0 Å². The fourth-order valence-electron chi connectivity index (χ4n) is 3.04. The number of hydrogen-bond donors (Lipinski definition) is 1. The van der Waals surface area contributed by atoms with Gasteiger partial charge in [-0.05, 0) is 62.9 Å². The predicted octanol–water partition coefficient (Wildman–Crippen LogP) is 3.10. The molecule has 3 rings (SSSR count). The van der Waals surface area contributed by atoms with E-state index < -0.39 is 11.6 Å². The molecule has 4 heteroatoms. The Balaban J connectivity index is 1.49. The van der Waals surface area contributed by atoms with Crippen molar-refractivity contribution in [2.75, 3.05) is 19.6 Å². The number of nitrogens with zero attached hydrogens (tertiary/aromatic N) is 1. The summed E-state index contributed by atoms with van der Waals surface area (Å²) in [5, 5.41) is 3.45. The number of rotatable bonds is 5. The summed E-state index contributed by atoms with van der Waals surface area (Å²) in [4.78, 5) is 2.59. The highest BCUT2D eigenvalue weighted by Crippen LogP contribution is 2.31. The summed E-state index contributed by atoms with van der Waals surface area (Å²) in [6.07, 6.45) is 3.98. The first kappa shape index (κ1) is 14.0. The average molecular weight is 280 g/mol. The molecule has 1 heterocycles. The van der Waals surface area contributed by atoms with Crippen molar-refractivity contribution < 1.29 is 8.78 Å². The summed E-state index contributed by atoms with van der Waals surface area (Å²) in [7, 11) is 0. The summed E-state index contributed by atoms with van der Waals surface area (Å²) in [5.74, 6) is -0.864. The molecule has 0 bridgehead atoms. The van der Waals surface area contributed by atoms with Crippen LogP contribution in [-0.2, 0) is 0 Å². The van der Waals surface area contributed by atoms with Crippen LogP contribution in [0.3, 0.4) is 0 Å². The van der Waals surface area contributed by atoms with Crippen molar-refractivity contribution in [3.8, 4) is 0 Å². The summed E-state index contributed by atoms with van der Waals surface area (Å²) in [6.45, 7) is 5.35. The molecular formula is C16H22F2N2. The van der Waals surface area contributed by atoms with Gasteiger partial charge in [0.1, 0.15) is 0 Å². The van der Waals surface area contributed by atoms with Crippen LogP contribution in [0.25, 0.3) is 0 Å². The number of likely N-dealkylation sites (tertiary alicyclic amines) is 1. The van der Waals surface area contributed by atoms with Crippen LogP contribution >= 0.6 is 0 Å². The second-order valence-corrected chi connectivity index (χ2v) is 6.18. The molecule has 1 N–H and O–H groups in total. The van der Waals surface area contributed by atoms with Gasteiger partial charge in [-0.1, -0.05) is 6.07 Å². The Morgan fingerprint density at radius 3 is 2.75 bits per heavy atom. The van der Waals surface area contributed by atoms with Crippen LogP contribution in [0, 0.1) is 17.6 Å². The van der Waals surface area contributed by atoms with Gasteiger partial charge >= 0.3 is 0 Å². The second-order valence-electron chi connectivity index (χ2n) is 6.18. The van der Waals surface area contributed by atoms with Gasteiger partial charge in [0.2, 0.25) is 0 Å². The zero-order valence-electron chi connectivity index (χ0n) is 11.9. The molecule has 1 aromatic rings. The lowest BCUT2D eigenvalue weighted by atomic mass is 10.1. The normalized spacial score (nSPS) is 25.1. The summed E-state index contributed by atoms with van der Waals surface area (Å²) >= 11 is 0. The van der Waals surface area contributed by atoms with Crippen LogP contribution in [-0.4, -0.2) is 30.6 Å². The molecule has 2 aliphatic rings. The van der Waals surface area contributed by atoms with Gasteiger partial charge in [-0.25, -0.2) is 8.78 Å². The first-order valence-electron chi connectivity index (χ1n) is 7.56. The second kappa shape index (κ2) is 5.78. The Hall–Kier alpha value is -1.00. The van der Waals surface area contributed by atoms with Crippen molar-refractivity contribution in [2.24, 2.45) is 5.92 Å². The molecular weight excluding hydrogens is 258 g/mol. The van der Waals surface area contributed by atoms with Gasteiger partial charge in [-0.2, -0.15) is 0 Å². The molecule has 0 radical (unpaired) electrons. The molecule has 1 saturated heterocycles. The van der Waals surface area contributed by atoms with E-state index in [0.717, 1.165) is 18.2 Å². The predicted molar refractivity (Wildman–Crippen MR) is 75.5 cm³/mol. The van der Waals surface area contributed by atoms with Gasteiger partial charge < -0.3 is 10.2 Å². The topological polar surface area (TPSA) is 15.3 Å². The van der Waals surface area contributed by atoms with Crippen molar-refractivity contribution in [1.29, 1.82) is 0 Å². The molecule has 2 unspecified atom stereocenters. The molecule has 20 heavy (non-hydrogen) atoms. The maximum atomic E-state index is 13.2. The molecule has 1 aromatic carbocycles. The van der Waals surface area contributed by atoms with Gasteiger partial charge in [-0.15, -0.1) is 0 Å². The van der Waals surface area contributed by atoms with Gasteiger partial charge in [-0.3, -0.25) is 0 Å². The van der Waals surface area contributed by atoms with Gasteiger partial charge in [0.25, 0.3) is 0 Å². The van der Waals surface area contributed by atoms with Crippen LogP contribution < -0.4 is 5.32 Å². The number of benzene rings is 1. The maximum absolute atomic E-state index is 13.2. The minimum atomic E-state index is -0.781. The highest BCUT2D eigenvalue weighted by molar-refractivity contribution is 5.20. The van der Waals surface area contributed by atoms with E-state index in [2.05, 4.69) is 10.2 Å². The van der Waals surface area contributed by atoms with Crippen molar-refractivity contribution in [3.05, 3.63) is 35.4 Å². The zero-order chi connectivity index (χ0) is 14.1. The van der Waals surface area contributed by atoms with E-state index >= 15 is 0 Å². The van der Waals surface area contributed by atoms with E-state index in [-0.39, 0.29) is 6.04 Å². The van der Waals surface area contributed by atoms with E-state index in [1.54, 1.807) is 6.07 Å². The number of nitrogens with one attached hydrogen (secondary N) is 1. The van der Waals surface area contributed by atoms with Gasteiger partial charge in [0.15, 0.2) is 11.6 Å². The molecule has 0 spiro atoms. The minimum Gasteiger partial charge on any atom is -0.310 e. The standard InChI is InChI=1S/C16H22F2N2/c1-11(13-2-5-15(17)16(18)8-13)19-9-12-6-7-20(10-12)14-3-4-14/h2,5,8,11-12,14,19H,3-4,6-7,9-10H2,1H3. The molecule has 0 aromatic heterocycles. The molecule has 0 amide bonds. The Kier molecular flexibility index (Phi) is 4.03. The maximum Gasteiger partial charge on any atom is 0.159 e. The highest BCUT2D eigenvalue weighted by atomic mass is 19.2.